The molecule has 0 saturated heterocycles. The molecule has 37 heavy (non-hydrogen) atoms. The summed E-state index contributed by atoms with van der Waals surface area (Å²) in [5.41, 5.74) is 5.44. The van der Waals surface area contributed by atoms with Crippen molar-refractivity contribution in [1.82, 2.24) is 9.88 Å². The molecule has 0 unspecified atom stereocenters. The SMILES string of the molecule is CC(C)CN(Cc1ccc(-c2csc(CN(CC(=O)O)Cc3ccccc3)n2)cc1)c1ccc(Cl)cc1. The Morgan fingerprint density at radius 1 is 0.919 bits per heavy atom. The maximum absolute atomic E-state index is 11.4. The van der Waals surface area contributed by atoms with E-state index in [4.69, 9.17) is 16.6 Å². The van der Waals surface area contributed by atoms with Crippen molar-refractivity contribution in [3.05, 3.63) is 105 Å². The van der Waals surface area contributed by atoms with E-state index in [-0.39, 0.29) is 6.54 Å². The first kappa shape index (κ1) is 26.9. The van der Waals surface area contributed by atoms with Gasteiger partial charge >= 0.3 is 5.97 Å². The van der Waals surface area contributed by atoms with Gasteiger partial charge in [0.2, 0.25) is 0 Å². The van der Waals surface area contributed by atoms with Gasteiger partial charge in [0.05, 0.1) is 18.8 Å². The van der Waals surface area contributed by atoms with Crippen LogP contribution in [-0.2, 0) is 24.4 Å². The molecule has 1 heterocycles. The largest absolute Gasteiger partial charge is 0.480 e. The molecule has 0 amide bonds. The average Bonchev–Trinajstić information content (AvgIpc) is 3.33. The second kappa shape index (κ2) is 12.9. The van der Waals surface area contributed by atoms with Crippen molar-refractivity contribution in [2.75, 3.05) is 18.0 Å². The molecule has 0 atom stereocenters. The van der Waals surface area contributed by atoms with E-state index >= 15 is 0 Å². The van der Waals surface area contributed by atoms with Crippen LogP contribution in [0.4, 0.5) is 5.69 Å². The van der Waals surface area contributed by atoms with Gasteiger partial charge in [-0.3, -0.25) is 9.69 Å². The maximum Gasteiger partial charge on any atom is 0.317 e. The van der Waals surface area contributed by atoms with E-state index in [1.807, 2.05) is 52.7 Å². The first-order valence-corrected chi connectivity index (χ1v) is 13.6. The molecule has 0 saturated carbocycles. The van der Waals surface area contributed by atoms with Crippen LogP contribution in [0.25, 0.3) is 11.3 Å². The van der Waals surface area contributed by atoms with Gasteiger partial charge in [0.1, 0.15) is 5.01 Å². The van der Waals surface area contributed by atoms with Crippen molar-refractivity contribution in [3.63, 3.8) is 0 Å². The molecule has 0 aliphatic rings. The van der Waals surface area contributed by atoms with Gasteiger partial charge in [-0.05, 0) is 41.3 Å². The molecule has 7 heteroatoms. The van der Waals surface area contributed by atoms with E-state index in [1.54, 1.807) is 11.3 Å². The molecule has 0 radical (unpaired) electrons. The minimum atomic E-state index is -0.839. The van der Waals surface area contributed by atoms with Gasteiger partial charge in [0.15, 0.2) is 0 Å². The van der Waals surface area contributed by atoms with E-state index in [1.165, 1.54) is 5.56 Å². The monoisotopic (exact) mass is 533 g/mol. The average molecular weight is 534 g/mol. The molecule has 1 N–H and O–H groups in total. The van der Waals surface area contributed by atoms with Crippen LogP contribution >= 0.6 is 22.9 Å². The van der Waals surface area contributed by atoms with Crippen molar-refractivity contribution in [3.8, 4) is 11.3 Å². The number of carbonyl (C=O) groups is 1. The lowest BCUT2D eigenvalue weighted by Crippen LogP contribution is -2.28. The first-order chi connectivity index (χ1) is 17.9. The molecule has 5 nitrogen and oxygen atoms in total. The number of rotatable bonds is 12. The van der Waals surface area contributed by atoms with Crippen LogP contribution < -0.4 is 4.90 Å². The third-order valence-corrected chi connectivity index (χ3v) is 7.00. The number of nitrogens with zero attached hydrogens (tertiary/aromatic N) is 3. The Labute approximate surface area is 228 Å². The lowest BCUT2D eigenvalue weighted by molar-refractivity contribution is -0.138. The van der Waals surface area contributed by atoms with Gasteiger partial charge < -0.3 is 10.0 Å². The summed E-state index contributed by atoms with van der Waals surface area (Å²) in [5, 5.41) is 13.1. The highest BCUT2D eigenvalue weighted by molar-refractivity contribution is 7.09. The lowest BCUT2D eigenvalue weighted by atomic mass is 10.1. The molecule has 0 aliphatic carbocycles. The number of carboxylic acid groups (broad SMARTS) is 1. The van der Waals surface area contributed by atoms with Gasteiger partial charge in [0.25, 0.3) is 0 Å². The quantitative estimate of drug-likeness (QED) is 0.208. The minimum Gasteiger partial charge on any atom is -0.480 e. The third-order valence-electron chi connectivity index (χ3n) is 5.92. The van der Waals surface area contributed by atoms with E-state index in [9.17, 15) is 9.90 Å². The van der Waals surface area contributed by atoms with Crippen molar-refractivity contribution in [2.24, 2.45) is 5.92 Å². The van der Waals surface area contributed by atoms with Crippen molar-refractivity contribution in [2.45, 2.75) is 33.5 Å². The normalized spacial score (nSPS) is 11.3. The van der Waals surface area contributed by atoms with Crippen LogP contribution in [0.15, 0.2) is 84.2 Å². The van der Waals surface area contributed by atoms with Crippen LogP contribution in [0.3, 0.4) is 0 Å². The molecule has 4 aromatic rings. The topological polar surface area (TPSA) is 56.7 Å². The number of thiazole rings is 1. The molecule has 0 fully saturated rings. The Kier molecular flexibility index (Phi) is 9.34. The maximum atomic E-state index is 11.4. The van der Waals surface area contributed by atoms with Crippen LogP contribution in [0, 0.1) is 5.92 Å². The summed E-state index contributed by atoms with van der Waals surface area (Å²) in [7, 11) is 0. The molecule has 0 bridgehead atoms. The summed E-state index contributed by atoms with van der Waals surface area (Å²) in [6.07, 6.45) is 0. The number of halogens is 1. The van der Waals surface area contributed by atoms with E-state index < -0.39 is 5.97 Å². The standard InChI is InChI=1S/C30H32ClN3O2S/c1-22(2)16-34(27-14-12-26(31)13-15-27)18-24-8-10-25(11-9-24)28-21-37-29(32-28)19-33(20-30(35)36)17-23-6-4-3-5-7-23/h3-15,21-22H,16-20H2,1-2H3,(H,35,36). The molecular formula is C30H32ClN3O2S. The fraction of sp³-hybridized carbons (Fsp3) is 0.267. The Balaban J connectivity index is 1.43. The fourth-order valence-electron chi connectivity index (χ4n) is 4.26. The number of hydrogen-bond acceptors (Lipinski definition) is 5. The highest BCUT2D eigenvalue weighted by Gasteiger charge is 2.15. The van der Waals surface area contributed by atoms with Crippen molar-refractivity contribution in [1.29, 1.82) is 0 Å². The second-order valence-electron chi connectivity index (χ2n) is 9.60. The number of anilines is 1. The zero-order valence-electron chi connectivity index (χ0n) is 21.2. The van der Waals surface area contributed by atoms with Gasteiger partial charge in [-0.1, -0.05) is 80.0 Å². The third kappa shape index (κ3) is 8.15. The van der Waals surface area contributed by atoms with Crippen LogP contribution in [0.5, 0.6) is 0 Å². The smallest absolute Gasteiger partial charge is 0.317 e. The number of aromatic nitrogens is 1. The predicted octanol–water partition coefficient (Wildman–Crippen LogP) is 7.21. The molecule has 0 aliphatic heterocycles. The fourth-order valence-corrected chi connectivity index (χ4v) is 5.23. The van der Waals surface area contributed by atoms with E-state index in [0.29, 0.717) is 19.0 Å². The van der Waals surface area contributed by atoms with Crippen molar-refractivity contribution >= 4 is 34.6 Å². The highest BCUT2D eigenvalue weighted by Crippen LogP contribution is 2.26. The summed E-state index contributed by atoms with van der Waals surface area (Å²) < 4.78 is 0. The molecule has 0 spiro atoms. The number of hydrogen-bond donors (Lipinski definition) is 1. The van der Waals surface area contributed by atoms with Gasteiger partial charge in [-0.2, -0.15) is 0 Å². The minimum absolute atomic E-state index is 0.0288. The zero-order valence-corrected chi connectivity index (χ0v) is 22.8. The summed E-state index contributed by atoms with van der Waals surface area (Å²) in [6, 6.07) is 26.5. The predicted molar refractivity (Wildman–Crippen MR) is 153 cm³/mol. The number of carboxylic acids is 1. The van der Waals surface area contributed by atoms with Crippen LogP contribution in [0.2, 0.25) is 5.02 Å². The Morgan fingerprint density at radius 3 is 2.24 bits per heavy atom. The van der Waals surface area contributed by atoms with Gasteiger partial charge in [-0.15, -0.1) is 11.3 Å². The Bertz CT molecular complexity index is 1270. The van der Waals surface area contributed by atoms with E-state index in [0.717, 1.165) is 45.6 Å². The van der Waals surface area contributed by atoms with Gasteiger partial charge in [0, 0.05) is 41.3 Å². The van der Waals surface area contributed by atoms with Gasteiger partial charge in [-0.25, -0.2) is 4.98 Å². The molecule has 1 aromatic heterocycles. The van der Waals surface area contributed by atoms with Crippen LogP contribution in [0.1, 0.15) is 30.0 Å². The molecular weight excluding hydrogens is 502 g/mol. The van der Waals surface area contributed by atoms with E-state index in [2.05, 4.69) is 55.1 Å². The highest BCUT2D eigenvalue weighted by atomic mass is 35.5. The molecule has 4 rings (SSSR count). The number of benzene rings is 3. The lowest BCUT2D eigenvalue weighted by Gasteiger charge is -2.27. The molecule has 192 valence electrons. The molecule has 3 aromatic carbocycles. The Hall–Kier alpha value is -3.19. The summed E-state index contributed by atoms with van der Waals surface area (Å²) in [4.78, 5) is 20.5. The van der Waals surface area contributed by atoms with Crippen LogP contribution in [-0.4, -0.2) is 34.0 Å². The number of aliphatic carboxylic acids is 1. The van der Waals surface area contributed by atoms with Crippen molar-refractivity contribution < 1.29 is 9.90 Å². The Morgan fingerprint density at radius 2 is 1.59 bits per heavy atom. The summed E-state index contributed by atoms with van der Waals surface area (Å²) >= 11 is 7.66. The summed E-state index contributed by atoms with van der Waals surface area (Å²) in [6.45, 7) is 7.25. The first-order valence-electron chi connectivity index (χ1n) is 12.4. The second-order valence-corrected chi connectivity index (χ2v) is 11.0. The summed E-state index contributed by atoms with van der Waals surface area (Å²) in [5.74, 6) is -0.306. The zero-order chi connectivity index (χ0) is 26.2.